The first kappa shape index (κ1) is 36.3. The summed E-state index contributed by atoms with van der Waals surface area (Å²) in [5.41, 5.74) is 8.30. The first-order valence-electron chi connectivity index (χ1n) is 15.0. The molecule has 1 heterocycles. The largest absolute Gasteiger partial charge is 0.512 e. The number of aromatic nitrogens is 1. The molecule has 0 unspecified atom stereocenters. The Kier molecular flexibility index (Phi) is 12.5. The summed E-state index contributed by atoms with van der Waals surface area (Å²) < 4.78 is 0. The van der Waals surface area contributed by atoms with Crippen molar-refractivity contribution in [3.8, 4) is 22.4 Å². The van der Waals surface area contributed by atoms with Gasteiger partial charge < -0.3 is 5.11 Å². The van der Waals surface area contributed by atoms with Gasteiger partial charge in [0.1, 0.15) is 0 Å². The van der Waals surface area contributed by atoms with E-state index in [0.29, 0.717) is 0 Å². The van der Waals surface area contributed by atoms with Gasteiger partial charge in [-0.3, -0.25) is 9.78 Å². The van der Waals surface area contributed by atoms with Gasteiger partial charge in [-0.25, -0.2) is 0 Å². The van der Waals surface area contributed by atoms with Gasteiger partial charge in [0.2, 0.25) is 0 Å². The van der Waals surface area contributed by atoms with Crippen molar-refractivity contribution in [1.82, 2.24) is 4.98 Å². The van der Waals surface area contributed by atoms with Crippen LogP contribution in [0.3, 0.4) is 0 Å². The van der Waals surface area contributed by atoms with Gasteiger partial charge in [0.05, 0.1) is 19.3 Å². The molecule has 1 aromatic heterocycles. The minimum atomic E-state index is -1.53. The molecule has 5 heteroatoms. The van der Waals surface area contributed by atoms with Crippen molar-refractivity contribution in [2.45, 2.75) is 80.4 Å². The number of benzene rings is 3. The molecular formula is C38H48IrNO2Si-. The Labute approximate surface area is 274 Å². The van der Waals surface area contributed by atoms with Crippen LogP contribution in [0.4, 0.5) is 0 Å². The molecule has 1 radical (unpaired) electrons. The van der Waals surface area contributed by atoms with Crippen LogP contribution in [-0.2, 0) is 30.3 Å². The van der Waals surface area contributed by atoms with Gasteiger partial charge in [-0.1, -0.05) is 129 Å². The van der Waals surface area contributed by atoms with E-state index < -0.39 is 8.07 Å². The minimum Gasteiger partial charge on any atom is -0.512 e. The maximum absolute atomic E-state index is 11.0. The maximum atomic E-state index is 11.0. The second-order valence-corrected chi connectivity index (χ2v) is 18.9. The number of carbonyl (C=O) groups is 1. The van der Waals surface area contributed by atoms with Crippen LogP contribution in [-0.4, -0.2) is 23.9 Å². The molecule has 0 aliphatic heterocycles. The summed E-state index contributed by atoms with van der Waals surface area (Å²) in [6, 6.07) is 27.7. The number of aliphatic hydroxyl groups excluding tert-OH is 1. The number of pyridine rings is 1. The standard InChI is InChI=1S/C29H32NSi.C9H16O2.Ir/c1-20-17-22(19-23(18-20)29(2,3)4)25-14-13-24-26(30-25)15-16-27(31(5,6)7)28(24)21-11-9-8-10-12-21;1-6(2)8(10)5-9(11)7(3)4;/h8-16,18-19H,1-7H3;5-7,10H,1-4H3;/q-1;;/b;8-5-;. The normalized spacial score (nSPS) is 12.2. The Hall–Kier alpha value is -2.85. The van der Waals surface area contributed by atoms with E-state index in [4.69, 9.17) is 4.98 Å². The number of aryl methyl sites for hydroxylation is 1. The zero-order valence-corrected chi connectivity index (χ0v) is 31.1. The first-order valence-corrected chi connectivity index (χ1v) is 18.5. The third-order valence-corrected chi connectivity index (χ3v) is 9.37. The van der Waals surface area contributed by atoms with Crippen molar-refractivity contribution in [3.05, 3.63) is 95.8 Å². The quantitative estimate of drug-likeness (QED) is 0.0920. The van der Waals surface area contributed by atoms with E-state index >= 15 is 0 Å². The molecular weight excluding hydrogens is 723 g/mol. The van der Waals surface area contributed by atoms with Crippen molar-refractivity contribution in [2.75, 3.05) is 0 Å². The average Bonchev–Trinajstić information content (AvgIpc) is 2.91. The van der Waals surface area contributed by atoms with Crippen LogP contribution < -0.4 is 5.19 Å². The number of nitrogens with zero attached hydrogens (tertiary/aromatic N) is 1. The predicted octanol–water partition coefficient (Wildman–Crippen LogP) is 9.83. The predicted molar refractivity (Wildman–Crippen MR) is 183 cm³/mol. The first-order chi connectivity index (χ1) is 19.5. The summed E-state index contributed by atoms with van der Waals surface area (Å²) in [6.07, 6.45) is 1.31. The van der Waals surface area contributed by atoms with Gasteiger partial charge in [-0.2, -0.15) is 0 Å². The van der Waals surface area contributed by atoms with E-state index in [-0.39, 0.29) is 48.9 Å². The third-order valence-electron chi connectivity index (χ3n) is 7.34. The molecule has 0 fully saturated rings. The van der Waals surface area contributed by atoms with E-state index in [1.165, 1.54) is 33.3 Å². The summed E-state index contributed by atoms with van der Waals surface area (Å²) in [5, 5.41) is 11.9. The second kappa shape index (κ2) is 14.7. The Morgan fingerprint density at radius 2 is 1.53 bits per heavy atom. The number of fused-ring (bicyclic) bond motifs is 1. The maximum Gasteiger partial charge on any atom is 0.161 e. The molecule has 0 saturated carbocycles. The zero-order chi connectivity index (χ0) is 31.4. The van der Waals surface area contributed by atoms with Crippen LogP contribution in [0.1, 0.15) is 59.6 Å². The molecule has 0 amide bonds. The van der Waals surface area contributed by atoms with Gasteiger partial charge in [-0.05, 0) is 28.3 Å². The van der Waals surface area contributed by atoms with Crippen molar-refractivity contribution in [3.63, 3.8) is 0 Å². The van der Waals surface area contributed by atoms with Crippen LogP contribution >= 0.6 is 0 Å². The topological polar surface area (TPSA) is 50.2 Å². The van der Waals surface area contributed by atoms with Gasteiger partial charge in [0.15, 0.2) is 5.78 Å². The molecule has 43 heavy (non-hydrogen) atoms. The van der Waals surface area contributed by atoms with Crippen LogP contribution in [0.15, 0.2) is 78.6 Å². The van der Waals surface area contributed by atoms with Gasteiger partial charge in [0, 0.05) is 43.4 Å². The molecule has 0 aliphatic carbocycles. The fourth-order valence-corrected chi connectivity index (χ4v) is 6.27. The van der Waals surface area contributed by atoms with Crippen molar-refractivity contribution in [1.29, 1.82) is 0 Å². The molecule has 4 aromatic rings. The molecule has 1 N–H and O–H groups in total. The monoisotopic (exact) mass is 771 g/mol. The van der Waals surface area contributed by atoms with Crippen LogP contribution in [0.25, 0.3) is 33.3 Å². The number of ketones is 1. The second-order valence-electron chi connectivity index (χ2n) is 13.9. The van der Waals surface area contributed by atoms with E-state index in [9.17, 15) is 9.90 Å². The van der Waals surface area contributed by atoms with Crippen LogP contribution in [0, 0.1) is 24.8 Å². The average molecular weight is 771 g/mol. The van der Waals surface area contributed by atoms with Crippen molar-refractivity contribution < 1.29 is 30.0 Å². The van der Waals surface area contributed by atoms with Crippen LogP contribution in [0.5, 0.6) is 0 Å². The Balaban J connectivity index is 0.000000461. The molecule has 0 atom stereocenters. The Bertz CT molecular complexity index is 1580. The molecule has 231 valence electrons. The number of allylic oxidation sites excluding steroid dienone is 2. The van der Waals surface area contributed by atoms with E-state index in [1.54, 1.807) is 0 Å². The molecule has 0 bridgehead atoms. The van der Waals surface area contributed by atoms with Crippen molar-refractivity contribution >= 4 is 29.9 Å². The molecule has 0 aliphatic rings. The summed E-state index contributed by atoms with van der Waals surface area (Å²) >= 11 is 0. The summed E-state index contributed by atoms with van der Waals surface area (Å²) in [4.78, 5) is 16.1. The number of hydrogen-bond acceptors (Lipinski definition) is 3. The number of carbonyl (C=O) groups excluding carboxylic acids is 1. The molecule has 3 nitrogen and oxygen atoms in total. The van der Waals surface area contributed by atoms with Gasteiger partial charge in [0.25, 0.3) is 0 Å². The summed E-state index contributed by atoms with van der Waals surface area (Å²) in [7, 11) is -1.53. The smallest absolute Gasteiger partial charge is 0.161 e. The Morgan fingerprint density at radius 3 is 2.07 bits per heavy atom. The fourth-order valence-electron chi connectivity index (χ4n) is 4.66. The van der Waals surface area contributed by atoms with E-state index in [2.05, 4.69) is 120 Å². The molecule has 0 saturated heterocycles. The summed E-state index contributed by atoms with van der Waals surface area (Å²) in [5.74, 6) is 0.161. The third kappa shape index (κ3) is 9.57. The van der Waals surface area contributed by atoms with E-state index in [1.807, 2.05) is 27.7 Å². The minimum absolute atomic E-state index is 0. The fraction of sp³-hybridized carbons (Fsp3) is 0.368. The zero-order valence-electron chi connectivity index (χ0n) is 27.7. The number of hydrogen-bond donors (Lipinski definition) is 1. The van der Waals surface area contributed by atoms with Crippen molar-refractivity contribution in [2.24, 2.45) is 11.8 Å². The Morgan fingerprint density at radius 1 is 0.907 bits per heavy atom. The number of aliphatic hydroxyl groups is 1. The molecule has 4 rings (SSSR count). The molecule has 0 spiro atoms. The SMILES string of the molecule is CC(C)C(=O)/C=C(\O)C(C)C.Cc1[c-]c(-c2ccc3c(-c4ccccc4)c([Si](C)(C)C)ccc3n2)cc(C(C)(C)C)c1.[Ir]. The summed E-state index contributed by atoms with van der Waals surface area (Å²) in [6.45, 7) is 23.4. The van der Waals surface area contributed by atoms with Crippen LogP contribution in [0.2, 0.25) is 19.6 Å². The van der Waals surface area contributed by atoms with Gasteiger partial charge >= 0.3 is 0 Å². The van der Waals surface area contributed by atoms with Gasteiger partial charge in [-0.15, -0.1) is 34.9 Å². The molecule has 3 aromatic carbocycles. The number of rotatable bonds is 6. The van der Waals surface area contributed by atoms with E-state index in [0.717, 1.165) is 22.3 Å².